The van der Waals surface area contributed by atoms with Gasteiger partial charge >= 0.3 is 0 Å². The Hall–Kier alpha value is -1.75. The van der Waals surface area contributed by atoms with Crippen molar-refractivity contribution in [2.24, 2.45) is 0 Å². The van der Waals surface area contributed by atoms with Crippen molar-refractivity contribution in [3.63, 3.8) is 0 Å². The summed E-state index contributed by atoms with van der Waals surface area (Å²) >= 11 is 0. The molecule has 0 saturated carbocycles. The molecule has 2 aliphatic heterocycles. The Labute approximate surface area is 112 Å². The number of nitrogens with one attached hydrogen (secondary N) is 2. The number of carbonyl (C=O) groups is 1. The Kier molecular flexibility index (Phi) is 3.29. The topological polar surface area (TPSA) is 59.6 Å². The van der Waals surface area contributed by atoms with Crippen LogP contribution in [0.4, 0.5) is 0 Å². The smallest absolute Gasteiger partial charge is 0.231 e. The summed E-state index contributed by atoms with van der Waals surface area (Å²) in [7, 11) is 0. The van der Waals surface area contributed by atoms with E-state index in [1.807, 2.05) is 18.2 Å². The number of hydrogen-bond acceptors (Lipinski definition) is 4. The lowest BCUT2D eigenvalue weighted by Gasteiger charge is -2.18. The van der Waals surface area contributed by atoms with Crippen molar-refractivity contribution in [3.8, 4) is 11.5 Å². The third-order valence-electron chi connectivity index (χ3n) is 3.65. The number of fused-ring (bicyclic) bond motifs is 1. The second-order valence-electron chi connectivity index (χ2n) is 5.05. The number of carbonyl (C=O) groups excluding carboxylic acids is 1. The lowest BCUT2D eigenvalue weighted by Crippen LogP contribution is -2.36. The fourth-order valence-corrected chi connectivity index (χ4v) is 2.45. The second kappa shape index (κ2) is 5.09. The van der Waals surface area contributed by atoms with Crippen LogP contribution in [0.2, 0.25) is 0 Å². The van der Waals surface area contributed by atoms with E-state index in [4.69, 9.17) is 9.47 Å². The minimum atomic E-state index is 0.155. The third-order valence-corrected chi connectivity index (χ3v) is 3.65. The van der Waals surface area contributed by atoms with Gasteiger partial charge in [-0.3, -0.25) is 4.79 Å². The minimum absolute atomic E-state index is 0.155. The van der Waals surface area contributed by atoms with Crippen molar-refractivity contribution in [1.82, 2.24) is 10.6 Å². The highest BCUT2D eigenvalue weighted by Crippen LogP contribution is 2.34. The molecule has 2 unspecified atom stereocenters. The Morgan fingerprint density at radius 3 is 3.05 bits per heavy atom. The first-order valence-corrected chi connectivity index (χ1v) is 6.64. The van der Waals surface area contributed by atoms with Crippen molar-refractivity contribution in [1.29, 1.82) is 0 Å². The van der Waals surface area contributed by atoms with Crippen LogP contribution in [0.5, 0.6) is 11.5 Å². The Balaban J connectivity index is 1.58. The van der Waals surface area contributed by atoms with E-state index in [9.17, 15) is 4.79 Å². The SMILES string of the molecule is CC(NCC1CCC(=O)N1)c1ccc2c(c1)OCO2. The van der Waals surface area contributed by atoms with Crippen LogP contribution in [0.25, 0.3) is 0 Å². The monoisotopic (exact) mass is 262 g/mol. The maximum atomic E-state index is 11.1. The summed E-state index contributed by atoms with van der Waals surface area (Å²) < 4.78 is 10.7. The van der Waals surface area contributed by atoms with Gasteiger partial charge in [-0.25, -0.2) is 0 Å². The van der Waals surface area contributed by atoms with Gasteiger partial charge in [0.05, 0.1) is 0 Å². The van der Waals surface area contributed by atoms with Gasteiger partial charge in [0.1, 0.15) is 0 Å². The van der Waals surface area contributed by atoms with Gasteiger partial charge in [0.25, 0.3) is 0 Å². The quantitative estimate of drug-likeness (QED) is 0.860. The van der Waals surface area contributed by atoms with Crippen LogP contribution in [-0.4, -0.2) is 25.3 Å². The third kappa shape index (κ3) is 2.66. The molecule has 0 bridgehead atoms. The van der Waals surface area contributed by atoms with E-state index >= 15 is 0 Å². The second-order valence-corrected chi connectivity index (χ2v) is 5.05. The lowest BCUT2D eigenvalue weighted by molar-refractivity contribution is -0.119. The summed E-state index contributed by atoms with van der Waals surface area (Å²) in [5.41, 5.74) is 1.16. The van der Waals surface area contributed by atoms with Crippen LogP contribution < -0.4 is 20.1 Å². The van der Waals surface area contributed by atoms with Crippen LogP contribution in [0.15, 0.2) is 18.2 Å². The molecule has 0 spiro atoms. The molecular formula is C14H18N2O3. The molecule has 2 aliphatic rings. The fourth-order valence-electron chi connectivity index (χ4n) is 2.45. The predicted molar refractivity (Wildman–Crippen MR) is 70.1 cm³/mol. The number of hydrogen-bond donors (Lipinski definition) is 2. The molecule has 0 aromatic heterocycles. The van der Waals surface area contributed by atoms with Gasteiger partial charge in [-0.15, -0.1) is 0 Å². The van der Waals surface area contributed by atoms with Gasteiger partial charge < -0.3 is 20.1 Å². The Morgan fingerprint density at radius 1 is 1.42 bits per heavy atom. The average molecular weight is 262 g/mol. The molecule has 2 N–H and O–H groups in total. The standard InChI is InChI=1S/C14H18N2O3/c1-9(15-7-11-3-5-14(17)16-11)10-2-4-12-13(6-10)19-8-18-12/h2,4,6,9,11,15H,3,5,7-8H2,1H3,(H,16,17). The molecule has 1 saturated heterocycles. The molecule has 1 aromatic rings. The van der Waals surface area contributed by atoms with E-state index in [1.165, 1.54) is 0 Å². The Bertz CT molecular complexity index is 490. The molecule has 19 heavy (non-hydrogen) atoms. The van der Waals surface area contributed by atoms with Gasteiger partial charge in [0, 0.05) is 25.0 Å². The molecule has 5 nitrogen and oxygen atoms in total. The van der Waals surface area contributed by atoms with E-state index in [1.54, 1.807) is 0 Å². The highest BCUT2D eigenvalue weighted by molar-refractivity contribution is 5.78. The van der Waals surface area contributed by atoms with E-state index in [0.717, 1.165) is 30.0 Å². The number of ether oxygens (including phenoxy) is 2. The maximum Gasteiger partial charge on any atom is 0.231 e. The van der Waals surface area contributed by atoms with Crippen molar-refractivity contribution in [2.75, 3.05) is 13.3 Å². The highest BCUT2D eigenvalue weighted by atomic mass is 16.7. The molecule has 0 radical (unpaired) electrons. The van der Waals surface area contributed by atoms with Gasteiger partial charge in [-0.05, 0) is 31.0 Å². The van der Waals surface area contributed by atoms with Crippen LogP contribution in [0.1, 0.15) is 31.4 Å². The van der Waals surface area contributed by atoms with Crippen molar-refractivity contribution in [2.45, 2.75) is 31.8 Å². The molecule has 5 heteroatoms. The summed E-state index contributed by atoms with van der Waals surface area (Å²) in [5, 5.41) is 6.40. The molecule has 2 atom stereocenters. The average Bonchev–Trinajstić information content (AvgIpc) is 3.03. The van der Waals surface area contributed by atoms with Gasteiger partial charge in [0.2, 0.25) is 12.7 Å². The van der Waals surface area contributed by atoms with Crippen LogP contribution >= 0.6 is 0 Å². The molecule has 3 rings (SSSR count). The zero-order valence-corrected chi connectivity index (χ0v) is 10.9. The number of benzene rings is 1. The minimum Gasteiger partial charge on any atom is -0.454 e. The van der Waals surface area contributed by atoms with E-state index in [0.29, 0.717) is 13.2 Å². The van der Waals surface area contributed by atoms with E-state index in [-0.39, 0.29) is 18.0 Å². The van der Waals surface area contributed by atoms with Crippen molar-refractivity contribution in [3.05, 3.63) is 23.8 Å². The maximum absolute atomic E-state index is 11.1. The fraction of sp³-hybridized carbons (Fsp3) is 0.500. The molecule has 2 heterocycles. The number of amides is 1. The van der Waals surface area contributed by atoms with Crippen LogP contribution in [-0.2, 0) is 4.79 Å². The van der Waals surface area contributed by atoms with E-state index in [2.05, 4.69) is 17.6 Å². The molecular weight excluding hydrogens is 244 g/mol. The lowest BCUT2D eigenvalue weighted by atomic mass is 10.1. The van der Waals surface area contributed by atoms with Gasteiger partial charge in [-0.1, -0.05) is 6.07 Å². The highest BCUT2D eigenvalue weighted by Gasteiger charge is 2.21. The number of rotatable bonds is 4. The largest absolute Gasteiger partial charge is 0.454 e. The molecule has 0 aliphatic carbocycles. The molecule has 1 fully saturated rings. The molecule has 1 aromatic carbocycles. The molecule has 1 amide bonds. The van der Waals surface area contributed by atoms with Crippen molar-refractivity contribution < 1.29 is 14.3 Å². The van der Waals surface area contributed by atoms with Crippen LogP contribution in [0, 0.1) is 0 Å². The van der Waals surface area contributed by atoms with Gasteiger partial charge in [-0.2, -0.15) is 0 Å². The first kappa shape index (κ1) is 12.3. The van der Waals surface area contributed by atoms with Crippen LogP contribution in [0.3, 0.4) is 0 Å². The Morgan fingerprint density at radius 2 is 2.26 bits per heavy atom. The summed E-state index contributed by atoms with van der Waals surface area (Å²) in [5.74, 6) is 1.77. The summed E-state index contributed by atoms with van der Waals surface area (Å²) in [6, 6.07) is 6.45. The summed E-state index contributed by atoms with van der Waals surface area (Å²) in [6.07, 6.45) is 1.56. The van der Waals surface area contributed by atoms with E-state index < -0.39 is 0 Å². The zero-order valence-electron chi connectivity index (χ0n) is 10.9. The first-order valence-electron chi connectivity index (χ1n) is 6.64. The summed E-state index contributed by atoms with van der Waals surface area (Å²) in [4.78, 5) is 11.1. The zero-order chi connectivity index (χ0) is 13.2. The predicted octanol–water partition coefficient (Wildman–Crippen LogP) is 1.34. The molecule has 102 valence electrons. The van der Waals surface area contributed by atoms with Crippen molar-refractivity contribution >= 4 is 5.91 Å². The summed E-state index contributed by atoms with van der Waals surface area (Å²) in [6.45, 7) is 3.20. The normalized spacial score (nSPS) is 22.4. The van der Waals surface area contributed by atoms with Gasteiger partial charge in [0.15, 0.2) is 11.5 Å². The first-order chi connectivity index (χ1) is 9.22.